The topological polar surface area (TPSA) is 70.4 Å². The highest BCUT2D eigenvalue weighted by Gasteiger charge is 2.27. The van der Waals surface area contributed by atoms with E-state index in [9.17, 15) is 13.6 Å². The second-order valence-electron chi connectivity index (χ2n) is 6.86. The Morgan fingerprint density at radius 2 is 1.89 bits per heavy atom. The molecular formula is C20H24F2N4O. The Labute approximate surface area is 157 Å². The summed E-state index contributed by atoms with van der Waals surface area (Å²) in [7, 11) is 0. The molecule has 7 heteroatoms. The third-order valence-electron chi connectivity index (χ3n) is 4.74. The Hall–Kier alpha value is -2.67. The molecule has 0 aromatic heterocycles. The van der Waals surface area contributed by atoms with E-state index in [0.29, 0.717) is 26.1 Å². The van der Waals surface area contributed by atoms with Gasteiger partial charge in [-0.25, -0.2) is 13.6 Å². The van der Waals surface area contributed by atoms with Gasteiger partial charge in [0.15, 0.2) is 0 Å². The number of carbonyl (C=O) groups excluding carboxylic acids is 1. The van der Waals surface area contributed by atoms with Crippen LogP contribution in [-0.4, -0.2) is 25.2 Å². The number of rotatable bonds is 5. The van der Waals surface area contributed by atoms with Crippen molar-refractivity contribution in [3.05, 3.63) is 65.2 Å². The summed E-state index contributed by atoms with van der Waals surface area (Å²) in [5.41, 5.74) is 7.79. The van der Waals surface area contributed by atoms with Crippen molar-refractivity contribution >= 4 is 11.7 Å². The molecule has 144 valence electrons. The second-order valence-corrected chi connectivity index (χ2v) is 6.86. The van der Waals surface area contributed by atoms with Crippen LogP contribution in [0.1, 0.15) is 30.5 Å². The van der Waals surface area contributed by atoms with E-state index in [-0.39, 0.29) is 23.8 Å². The number of nitrogens with zero attached hydrogens (tertiary/aromatic N) is 1. The predicted octanol–water partition coefficient (Wildman–Crippen LogP) is 3.06. The minimum Gasteiger partial charge on any atom is -0.365 e. The van der Waals surface area contributed by atoms with E-state index in [1.165, 1.54) is 18.2 Å². The molecule has 3 rings (SSSR count). The molecule has 1 saturated heterocycles. The minimum atomic E-state index is -0.588. The Bertz CT molecular complexity index is 775. The van der Waals surface area contributed by atoms with Crippen LogP contribution in [0.2, 0.25) is 0 Å². The lowest BCUT2D eigenvalue weighted by Gasteiger charge is -2.20. The minimum absolute atomic E-state index is 0.0279. The van der Waals surface area contributed by atoms with E-state index in [1.54, 1.807) is 4.90 Å². The smallest absolute Gasteiger partial charge is 0.315 e. The maximum Gasteiger partial charge on any atom is 0.315 e. The van der Waals surface area contributed by atoms with Crippen LogP contribution in [0.15, 0.2) is 42.5 Å². The van der Waals surface area contributed by atoms with Gasteiger partial charge in [-0.3, -0.25) is 0 Å². The van der Waals surface area contributed by atoms with Gasteiger partial charge < -0.3 is 21.3 Å². The first kappa shape index (κ1) is 19.1. The summed E-state index contributed by atoms with van der Waals surface area (Å²) in [6.45, 7) is 3.16. The molecule has 0 saturated carbocycles. The van der Waals surface area contributed by atoms with Crippen LogP contribution in [0, 0.1) is 11.6 Å². The van der Waals surface area contributed by atoms with Crippen LogP contribution in [0.4, 0.5) is 19.3 Å². The van der Waals surface area contributed by atoms with E-state index in [4.69, 9.17) is 5.73 Å². The van der Waals surface area contributed by atoms with Crippen molar-refractivity contribution in [2.75, 3.05) is 18.0 Å². The molecule has 2 aromatic carbocycles. The molecule has 4 N–H and O–H groups in total. The molecule has 1 aliphatic heterocycles. The van der Waals surface area contributed by atoms with Gasteiger partial charge in [0.05, 0.1) is 0 Å². The number of amides is 2. The second kappa shape index (κ2) is 8.35. The third kappa shape index (κ3) is 4.74. The lowest BCUT2D eigenvalue weighted by molar-refractivity contribution is 0.237. The van der Waals surface area contributed by atoms with Crippen LogP contribution in [0.3, 0.4) is 0 Å². The van der Waals surface area contributed by atoms with E-state index in [0.717, 1.165) is 11.1 Å². The van der Waals surface area contributed by atoms with Gasteiger partial charge in [0, 0.05) is 31.7 Å². The molecule has 1 aliphatic rings. The molecule has 2 aromatic rings. The first-order chi connectivity index (χ1) is 12.9. The summed E-state index contributed by atoms with van der Waals surface area (Å²) >= 11 is 0. The third-order valence-corrected chi connectivity index (χ3v) is 4.74. The van der Waals surface area contributed by atoms with Crippen molar-refractivity contribution in [2.24, 2.45) is 5.73 Å². The fraction of sp³-hybridized carbons (Fsp3) is 0.350. The lowest BCUT2D eigenvalue weighted by Crippen LogP contribution is -2.43. The summed E-state index contributed by atoms with van der Waals surface area (Å²) in [4.78, 5) is 13.7. The summed E-state index contributed by atoms with van der Waals surface area (Å²) in [6.07, 6.45) is 0.629. The highest BCUT2D eigenvalue weighted by Crippen LogP contribution is 2.26. The van der Waals surface area contributed by atoms with Crippen LogP contribution < -0.4 is 21.3 Å². The molecule has 27 heavy (non-hydrogen) atoms. The lowest BCUT2D eigenvalue weighted by atomic mass is 10.1. The summed E-state index contributed by atoms with van der Waals surface area (Å²) in [6, 6.07) is 11.1. The van der Waals surface area contributed by atoms with Crippen molar-refractivity contribution in [1.29, 1.82) is 0 Å². The Balaban J connectivity index is 1.49. The van der Waals surface area contributed by atoms with Gasteiger partial charge in [0.2, 0.25) is 0 Å². The number of nitrogens with one attached hydrogen (secondary N) is 2. The molecule has 0 radical (unpaired) electrons. The number of para-hydroxylation sites is 1. The van der Waals surface area contributed by atoms with Crippen LogP contribution in [0.5, 0.6) is 0 Å². The van der Waals surface area contributed by atoms with Gasteiger partial charge >= 0.3 is 6.03 Å². The zero-order valence-corrected chi connectivity index (χ0v) is 15.2. The average molecular weight is 374 g/mol. The largest absolute Gasteiger partial charge is 0.365 e. The Morgan fingerprint density at radius 3 is 2.52 bits per heavy atom. The van der Waals surface area contributed by atoms with Crippen LogP contribution >= 0.6 is 0 Å². The summed E-state index contributed by atoms with van der Waals surface area (Å²) in [5.74, 6) is -1.18. The van der Waals surface area contributed by atoms with Crippen LogP contribution in [-0.2, 0) is 6.54 Å². The van der Waals surface area contributed by atoms with Gasteiger partial charge in [-0.15, -0.1) is 0 Å². The number of hydrogen-bond donors (Lipinski definition) is 3. The molecule has 0 spiro atoms. The monoisotopic (exact) mass is 374 g/mol. The normalized spacial score (nSPS) is 17.6. The zero-order chi connectivity index (χ0) is 19.4. The van der Waals surface area contributed by atoms with Crippen molar-refractivity contribution in [3.8, 4) is 0 Å². The quantitative estimate of drug-likeness (QED) is 0.753. The number of carbonyl (C=O) groups is 1. The number of benzene rings is 2. The standard InChI is InChI=1S/C20H24F2N4O/c1-13(23)15-7-5-14(6-8-15)11-24-20(27)25-16-9-10-26(12-16)19-17(21)3-2-4-18(19)22/h2-8,13,16H,9-12,23H2,1H3,(H2,24,25,27). The van der Waals surface area contributed by atoms with Gasteiger partial charge in [-0.1, -0.05) is 30.3 Å². The number of nitrogens with two attached hydrogens (primary N) is 1. The van der Waals surface area contributed by atoms with E-state index >= 15 is 0 Å². The summed E-state index contributed by atoms with van der Waals surface area (Å²) in [5, 5.41) is 5.66. The molecule has 2 amide bonds. The number of halogens is 2. The average Bonchev–Trinajstić information content (AvgIpc) is 3.08. The maximum absolute atomic E-state index is 13.9. The van der Waals surface area contributed by atoms with Crippen LogP contribution in [0.25, 0.3) is 0 Å². The fourth-order valence-corrected chi connectivity index (χ4v) is 3.23. The number of anilines is 1. The molecule has 1 fully saturated rings. The molecule has 0 bridgehead atoms. The SMILES string of the molecule is CC(N)c1ccc(CNC(=O)NC2CCN(c3c(F)cccc3F)C2)cc1. The highest BCUT2D eigenvalue weighted by atomic mass is 19.1. The number of urea groups is 1. The van der Waals surface area contributed by atoms with Crippen molar-refractivity contribution in [1.82, 2.24) is 10.6 Å². The predicted molar refractivity (Wildman–Crippen MR) is 101 cm³/mol. The molecule has 5 nitrogen and oxygen atoms in total. The molecule has 2 atom stereocenters. The number of hydrogen-bond acceptors (Lipinski definition) is 3. The van der Waals surface area contributed by atoms with E-state index in [1.807, 2.05) is 31.2 Å². The van der Waals surface area contributed by atoms with E-state index in [2.05, 4.69) is 10.6 Å². The first-order valence-corrected chi connectivity index (χ1v) is 9.02. The highest BCUT2D eigenvalue weighted by molar-refractivity contribution is 5.74. The van der Waals surface area contributed by atoms with Gasteiger partial charge in [0.25, 0.3) is 0 Å². The first-order valence-electron chi connectivity index (χ1n) is 9.02. The van der Waals surface area contributed by atoms with Gasteiger partial charge in [-0.2, -0.15) is 0 Å². The van der Waals surface area contributed by atoms with Crippen molar-refractivity contribution in [3.63, 3.8) is 0 Å². The zero-order valence-electron chi connectivity index (χ0n) is 15.2. The van der Waals surface area contributed by atoms with Gasteiger partial charge in [0.1, 0.15) is 17.3 Å². The maximum atomic E-state index is 13.9. The van der Waals surface area contributed by atoms with Crippen molar-refractivity contribution in [2.45, 2.75) is 32.0 Å². The van der Waals surface area contributed by atoms with Crippen molar-refractivity contribution < 1.29 is 13.6 Å². The molecule has 0 aliphatic carbocycles. The summed E-state index contributed by atoms with van der Waals surface area (Å²) < 4.78 is 27.8. The molecular weight excluding hydrogens is 350 g/mol. The Kier molecular flexibility index (Phi) is 5.91. The molecule has 1 heterocycles. The van der Waals surface area contributed by atoms with E-state index < -0.39 is 11.6 Å². The fourth-order valence-electron chi connectivity index (χ4n) is 3.23. The Morgan fingerprint density at radius 1 is 1.22 bits per heavy atom. The molecule has 2 unspecified atom stereocenters. The van der Waals surface area contributed by atoms with Gasteiger partial charge in [-0.05, 0) is 36.6 Å².